The molecule has 30 heavy (non-hydrogen) atoms. The maximum atomic E-state index is 13.2. The lowest BCUT2D eigenvalue weighted by molar-refractivity contribution is -0.119. The molecule has 1 aromatic heterocycles. The Bertz CT molecular complexity index is 1210. The number of thiazole rings is 1. The van der Waals surface area contributed by atoms with E-state index in [1.54, 1.807) is 12.1 Å². The molecule has 1 aliphatic rings. The van der Waals surface area contributed by atoms with Crippen molar-refractivity contribution in [3.8, 4) is 5.75 Å². The van der Waals surface area contributed by atoms with Crippen molar-refractivity contribution in [2.75, 3.05) is 19.0 Å². The molecule has 0 bridgehead atoms. The molecule has 158 valence electrons. The molecule has 4 rings (SSSR count). The second-order valence-corrected chi connectivity index (χ2v) is 9.96. The van der Waals surface area contributed by atoms with Gasteiger partial charge in [0.05, 0.1) is 21.7 Å². The van der Waals surface area contributed by atoms with Crippen LogP contribution in [0.5, 0.6) is 5.75 Å². The zero-order valence-electron chi connectivity index (χ0n) is 15.8. The van der Waals surface area contributed by atoms with Crippen LogP contribution in [0, 0.1) is 5.82 Å². The fourth-order valence-electron chi connectivity index (χ4n) is 3.39. The fourth-order valence-corrected chi connectivity index (χ4v) is 6.21. The number of fused-ring (bicyclic) bond motifs is 1. The molecule has 1 atom stereocenters. The average molecular weight is 470 g/mol. The molecule has 1 unspecified atom stereocenters. The molecule has 7 nitrogen and oxygen atoms in total. The summed E-state index contributed by atoms with van der Waals surface area (Å²) in [5.41, 5.74) is 0.521. The normalized spacial score (nSPS) is 17.4. The van der Waals surface area contributed by atoms with Crippen LogP contribution in [0.15, 0.2) is 41.3 Å². The van der Waals surface area contributed by atoms with Gasteiger partial charge < -0.3 is 10.1 Å². The van der Waals surface area contributed by atoms with Crippen LogP contribution in [0.3, 0.4) is 0 Å². The maximum absolute atomic E-state index is 13.2. The van der Waals surface area contributed by atoms with E-state index in [1.807, 2.05) is 0 Å². The van der Waals surface area contributed by atoms with Gasteiger partial charge in [0.2, 0.25) is 15.9 Å². The van der Waals surface area contributed by atoms with Crippen LogP contribution in [0.2, 0.25) is 5.02 Å². The van der Waals surface area contributed by atoms with E-state index in [-0.39, 0.29) is 11.4 Å². The number of nitrogens with one attached hydrogen (secondary N) is 1. The molecule has 3 aromatic rings. The predicted molar refractivity (Wildman–Crippen MR) is 113 cm³/mol. The third-order valence-corrected chi connectivity index (χ3v) is 8.19. The van der Waals surface area contributed by atoms with Gasteiger partial charge in [-0.25, -0.2) is 17.8 Å². The summed E-state index contributed by atoms with van der Waals surface area (Å²) in [7, 11) is -2.43. The van der Waals surface area contributed by atoms with E-state index in [1.165, 1.54) is 30.6 Å². The first-order valence-corrected chi connectivity index (χ1v) is 11.7. The largest absolute Gasteiger partial charge is 0.494 e. The summed E-state index contributed by atoms with van der Waals surface area (Å²) >= 11 is 7.40. The summed E-state index contributed by atoms with van der Waals surface area (Å²) in [4.78, 5) is 17.2. The zero-order chi connectivity index (χ0) is 21.5. The Morgan fingerprint density at radius 3 is 2.73 bits per heavy atom. The molecule has 0 radical (unpaired) electrons. The quantitative estimate of drug-likeness (QED) is 0.612. The van der Waals surface area contributed by atoms with Crippen molar-refractivity contribution >= 4 is 54.2 Å². The molecule has 11 heteroatoms. The van der Waals surface area contributed by atoms with Gasteiger partial charge >= 0.3 is 0 Å². The molecule has 1 N–H and O–H groups in total. The third-order valence-electron chi connectivity index (χ3n) is 4.84. The average Bonchev–Trinajstić information content (AvgIpc) is 3.37. The van der Waals surface area contributed by atoms with Crippen LogP contribution in [0.1, 0.15) is 12.8 Å². The molecular weight excluding hydrogens is 453 g/mol. The minimum Gasteiger partial charge on any atom is -0.494 e. The summed E-state index contributed by atoms with van der Waals surface area (Å²) < 4.78 is 46.2. The molecule has 1 fully saturated rings. The molecule has 0 aliphatic carbocycles. The summed E-state index contributed by atoms with van der Waals surface area (Å²) in [6.45, 7) is 0.206. The predicted octanol–water partition coefficient (Wildman–Crippen LogP) is 3.89. The van der Waals surface area contributed by atoms with E-state index in [9.17, 15) is 17.6 Å². The highest BCUT2D eigenvalue weighted by Gasteiger charge is 2.39. The van der Waals surface area contributed by atoms with Crippen LogP contribution in [0.4, 0.5) is 9.52 Å². The highest BCUT2D eigenvalue weighted by Crippen LogP contribution is 2.37. The van der Waals surface area contributed by atoms with E-state index < -0.39 is 27.8 Å². The van der Waals surface area contributed by atoms with Gasteiger partial charge in [0.1, 0.15) is 23.1 Å². The number of hydrogen-bond acceptors (Lipinski definition) is 6. The Balaban J connectivity index is 1.59. The van der Waals surface area contributed by atoms with E-state index in [4.69, 9.17) is 16.3 Å². The van der Waals surface area contributed by atoms with E-state index in [0.717, 1.165) is 16.4 Å². The fraction of sp³-hybridized carbons (Fsp3) is 0.263. The van der Waals surface area contributed by atoms with Gasteiger partial charge in [-0.2, -0.15) is 4.31 Å². The Kier molecular flexibility index (Phi) is 5.67. The van der Waals surface area contributed by atoms with Gasteiger partial charge in [0.25, 0.3) is 0 Å². The third kappa shape index (κ3) is 3.76. The summed E-state index contributed by atoms with van der Waals surface area (Å²) in [6, 6.07) is 7.03. The van der Waals surface area contributed by atoms with Gasteiger partial charge in [0, 0.05) is 6.54 Å². The summed E-state index contributed by atoms with van der Waals surface area (Å²) in [6.07, 6.45) is 0.916. The molecular formula is C19H17ClFN3O4S2. The molecule has 1 aliphatic heterocycles. The highest BCUT2D eigenvalue weighted by molar-refractivity contribution is 7.89. The van der Waals surface area contributed by atoms with Gasteiger partial charge in [-0.3, -0.25) is 4.79 Å². The lowest BCUT2D eigenvalue weighted by Crippen LogP contribution is -2.43. The van der Waals surface area contributed by atoms with Crippen molar-refractivity contribution in [1.29, 1.82) is 0 Å². The summed E-state index contributed by atoms with van der Waals surface area (Å²) in [5, 5.41) is 3.48. The number of amides is 1. The van der Waals surface area contributed by atoms with Gasteiger partial charge in [0.15, 0.2) is 5.13 Å². The lowest BCUT2D eigenvalue weighted by Gasteiger charge is -2.23. The molecule has 0 spiro atoms. The number of hydrogen-bond donors (Lipinski definition) is 1. The van der Waals surface area contributed by atoms with Crippen LogP contribution in [-0.4, -0.2) is 43.3 Å². The molecule has 1 amide bonds. The van der Waals surface area contributed by atoms with Gasteiger partial charge in [-0.15, -0.1) is 0 Å². The standard InChI is InChI=1S/C19H17ClFN3O4S2/c1-28-15-9-8-13(20)17-16(15)22-19(29-17)23-18(25)14-3-2-10-24(14)30(26,27)12-6-4-11(21)5-7-12/h4-9,14H,2-3,10H2,1H3,(H,22,23,25). The number of benzene rings is 2. The topological polar surface area (TPSA) is 88.6 Å². The number of methoxy groups -OCH3 is 1. The van der Waals surface area contributed by atoms with E-state index in [0.29, 0.717) is 39.0 Å². The van der Waals surface area contributed by atoms with Crippen LogP contribution in [0.25, 0.3) is 10.2 Å². The first-order chi connectivity index (χ1) is 14.3. The first-order valence-electron chi connectivity index (χ1n) is 9.02. The minimum absolute atomic E-state index is 0.0555. The highest BCUT2D eigenvalue weighted by atomic mass is 35.5. The van der Waals surface area contributed by atoms with E-state index in [2.05, 4.69) is 10.3 Å². The van der Waals surface area contributed by atoms with Crippen molar-refractivity contribution in [2.24, 2.45) is 0 Å². The Morgan fingerprint density at radius 1 is 1.30 bits per heavy atom. The SMILES string of the molecule is COc1ccc(Cl)c2sc(NC(=O)C3CCCN3S(=O)(=O)c3ccc(F)cc3)nc12. The molecule has 0 saturated carbocycles. The number of anilines is 1. The minimum atomic E-state index is -3.94. The number of rotatable bonds is 5. The second kappa shape index (κ2) is 8.10. The Labute approximate surface area is 181 Å². The first kappa shape index (κ1) is 21.0. The van der Waals surface area contributed by atoms with Crippen molar-refractivity contribution < 1.29 is 22.3 Å². The van der Waals surface area contributed by atoms with Crippen molar-refractivity contribution in [1.82, 2.24) is 9.29 Å². The number of halogens is 2. The smallest absolute Gasteiger partial charge is 0.244 e. The molecule has 2 aromatic carbocycles. The van der Waals surface area contributed by atoms with Crippen molar-refractivity contribution in [3.63, 3.8) is 0 Å². The van der Waals surface area contributed by atoms with Crippen molar-refractivity contribution in [3.05, 3.63) is 47.2 Å². The van der Waals surface area contributed by atoms with Crippen LogP contribution >= 0.6 is 22.9 Å². The zero-order valence-corrected chi connectivity index (χ0v) is 18.2. The van der Waals surface area contributed by atoms with Crippen LogP contribution in [-0.2, 0) is 14.8 Å². The maximum Gasteiger partial charge on any atom is 0.244 e. The number of nitrogens with zero attached hydrogens (tertiary/aromatic N) is 2. The number of ether oxygens (including phenoxy) is 1. The van der Waals surface area contributed by atoms with Gasteiger partial charge in [-0.05, 0) is 49.2 Å². The number of aromatic nitrogens is 1. The monoisotopic (exact) mass is 469 g/mol. The number of carbonyl (C=O) groups is 1. The Hall–Kier alpha value is -2.27. The number of sulfonamides is 1. The molecule has 2 heterocycles. The molecule has 1 saturated heterocycles. The number of carbonyl (C=O) groups excluding carboxylic acids is 1. The Morgan fingerprint density at radius 2 is 2.03 bits per heavy atom. The summed E-state index contributed by atoms with van der Waals surface area (Å²) in [5.74, 6) is -0.491. The second-order valence-electron chi connectivity index (χ2n) is 6.66. The van der Waals surface area contributed by atoms with Crippen molar-refractivity contribution in [2.45, 2.75) is 23.8 Å². The van der Waals surface area contributed by atoms with Crippen LogP contribution < -0.4 is 10.1 Å². The lowest BCUT2D eigenvalue weighted by atomic mass is 10.2. The van der Waals surface area contributed by atoms with E-state index >= 15 is 0 Å². The van der Waals surface area contributed by atoms with Gasteiger partial charge in [-0.1, -0.05) is 22.9 Å².